The highest BCUT2D eigenvalue weighted by Crippen LogP contribution is 2.22. The molecule has 10 heteroatoms. The third kappa shape index (κ3) is 4.67. The quantitative estimate of drug-likeness (QED) is 0.638. The molecular weight excluding hydrogens is 440 g/mol. The fraction of sp³-hybridized carbons (Fsp3) is 0.375. The van der Waals surface area contributed by atoms with E-state index in [9.17, 15) is 13.2 Å². The van der Waals surface area contributed by atoms with Gasteiger partial charge in [0.15, 0.2) is 5.16 Å². The third-order valence-electron chi connectivity index (χ3n) is 4.10. The molecule has 140 valence electrons. The van der Waals surface area contributed by atoms with Crippen LogP contribution in [-0.4, -0.2) is 71.3 Å². The molecule has 1 aliphatic rings. The van der Waals surface area contributed by atoms with Crippen molar-refractivity contribution in [1.82, 2.24) is 18.8 Å². The van der Waals surface area contributed by atoms with Crippen LogP contribution in [0.3, 0.4) is 0 Å². The van der Waals surface area contributed by atoms with Crippen molar-refractivity contribution in [1.29, 1.82) is 0 Å². The molecule has 1 fully saturated rings. The van der Waals surface area contributed by atoms with E-state index in [0.717, 1.165) is 15.3 Å². The summed E-state index contributed by atoms with van der Waals surface area (Å²) in [5.74, 6) is 0.264. The Morgan fingerprint density at radius 3 is 2.46 bits per heavy atom. The Kier molecular flexibility index (Phi) is 6.06. The van der Waals surface area contributed by atoms with Gasteiger partial charge in [0.05, 0.1) is 12.0 Å². The Morgan fingerprint density at radius 2 is 1.85 bits per heavy atom. The molecular formula is C16H19BrN4O3S2. The lowest BCUT2D eigenvalue weighted by atomic mass is 10.3. The third-order valence-corrected chi connectivity index (χ3v) is 6.88. The zero-order valence-corrected chi connectivity index (χ0v) is 17.4. The molecule has 0 unspecified atom stereocenters. The second-order valence-electron chi connectivity index (χ2n) is 5.89. The van der Waals surface area contributed by atoms with E-state index in [2.05, 4.69) is 20.9 Å². The minimum absolute atomic E-state index is 0.00601. The maximum absolute atomic E-state index is 12.4. The number of benzene rings is 1. The SMILES string of the molecule is CS(=O)(=O)N1CCN(C(=O)CSc2nccn2-c2ccc(Br)cc2)CC1. The Bertz CT molecular complexity index is 875. The van der Waals surface area contributed by atoms with Gasteiger partial charge < -0.3 is 4.90 Å². The van der Waals surface area contributed by atoms with Gasteiger partial charge in [-0.25, -0.2) is 13.4 Å². The fourth-order valence-electron chi connectivity index (χ4n) is 2.68. The summed E-state index contributed by atoms with van der Waals surface area (Å²) >= 11 is 4.79. The normalized spacial score (nSPS) is 16.0. The van der Waals surface area contributed by atoms with Gasteiger partial charge in [-0.05, 0) is 24.3 Å². The number of rotatable bonds is 5. The van der Waals surface area contributed by atoms with E-state index in [4.69, 9.17) is 0 Å². The highest BCUT2D eigenvalue weighted by Gasteiger charge is 2.26. The van der Waals surface area contributed by atoms with E-state index in [-0.39, 0.29) is 11.7 Å². The molecule has 0 aliphatic carbocycles. The molecule has 1 saturated heterocycles. The number of imidazole rings is 1. The smallest absolute Gasteiger partial charge is 0.233 e. The average Bonchev–Trinajstić information content (AvgIpc) is 3.08. The van der Waals surface area contributed by atoms with Crippen LogP contribution in [0.15, 0.2) is 46.3 Å². The van der Waals surface area contributed by atoms with Gasteiger partial charge in [-0.15, -0.1) is 0 Å². The molecule has 1 aromatic heterocycles. The molecule has 0 radical (unpaired) electrons. The van der Waals surface area contributed by atoms with Crippen molar-refractivity contribution >= 4 is 43.6 Å². The molecule has 1 aromatic carbocycles. The first-order chi connectivity index (χ1) is 12.3. The highest BCUT2D eigenvalue weighted by molar-refractivity contribution is 9.10. The van der Waals surface area contributed by atoms with Crippen LogP contribution < -0.4 is 0 Å². The number of nitrogens with zero attached hydrogens (tertiary/aromatic N) is 4. The first-order valence-electron chi connectivity index (χ1n) is 7.99. The molecule has 0 N–H and O–H groups in total. The number of piperazine rings is 1. The second kappa shape index (κ2) is 8.12. The Morgan fingerprint density at radius 1 is 1.19 bits per heavy atom. The Hall–Kier alpha value is -1.36. The molecule has 26 heavy (non-hydrogen) atoms. The van der Waals surface area contributed by atoms with E-state index < -0.39 is 10.0 Å². The Balaban J connectivity index is 1.58. The number of aromatic nitrogens is 2. The predicted molar refractivity (Wildman–Crippen MR) is 105 cm³/mol. The summed E-state index contributed by atoms with van der Waals surface area (Å²) in [6.07, 6.45) is 4.77. The lowest BCUT2D eigenvalue weighted by Crippen LogP contribution is -2.50. The monoisotopic (exact) mass is 458 g/mol. The summed E-state index contributed by atoms with van der Waals surface area (Å²) in [7, 11) is -3.19. The maximum Gasteiger partial charge on any atom is 0.233 e. The summed E-state index contributed by atoms with van der Waals surface area (Å²) in [4.78, 5) is 18.5. The number of thioether (sulfide) groups is 1. The van der Waals surface area contributed by atoms with Gasteiger partial charge in [-0.2, -0.15) is 4.31 Å². The van der Waals surface area contributed by atoms with Crippen molar-refractivity contribution in [3.8, 4) is 5.69 Å². The van der Waals surface area contributed by atoms with Gasteiger partial charge in [0.25, 0.3) is 0 Å². The van der Waals surface area contributed by atoms with E-state index in [1.54, 1.807) is 11.1 Å². The van der Waals surface area contributed by atoms with E-state index in [1.165, 1.54) is 22.3 Å². The summed E-state index contributed by atoms with van der Waals surface area (Å²) < 4.78 is 27.4. The Labute approximate surface area is 165 Å². The minimum Gasteiger partial charge on any atom is -0.339 e. The van der Waals surface area contributed by atoms with Crippen molar-refractivity contribution in [2.45, 2.75) is 5.16 Å². The lowest BCUT2D eigenvalue weighted by Gasteiger charge is -2.33. The molecule has 1 amide bonds. The number of carbonyl (C=O) groups excluding carboxylic acids is 1. The molecule has 7 nitrogen and oxygen atoms in total. The zero-order valence-electron chi connectivity index (χ0n) is 14.2. The number of hydrogen-bond donors (Lipinski definition) is 0. The number of hydrogen-bond acceptors (Lipinski definition) is 5. The molecule has 2 aromatic rings. The predicted octanol–water partition coefficient (Wildman–Crippen LogP) is 1.83. The number of sulfonamides is 1. The van der Waals surface area contributed by atoms with E-state index in [0.29, 0.717) is 26.2 Å². The summed E-state index contributed by atoms with van der Waals surface area (Å²) in [6.45, 7) is 1.55. The highest BCUT2D eigenvalue weighted by atomic mass is 79.9. The number of carbonyl (C=O) groups is 1. The summed E-state index contributed by atoms with van der Waals surface area (Å²) in [5, 5.41) is 0.746. The van der Waals surface area contributed by atoms with Crippen LogP contribution in [-0.2, 0) is 14.8 Å². The standard InChI is InChI=1S/C16H19BrN4O3S2/c1-26(23,24)20-10-8-19(9-11-20)15(22)12-25-16-18-6-7-21(16)14-4-2-13(17)3-5-14/h2-7H,8-12H2,1H3. The van der Waals surface area contributed by atoms with Crippen molar-refractivity contribution in [3.05, 3.63) is 41.1 Å². The topological polar surface area (TPSA) is 75.5 Å². The number of halogens is 1. The average molecular weight is 459 g/mol. The van der Waals surface area contributed by atoms with Gasteiger partial charge in [0.2, 0.25) is 15.9 Å². The van der Waals surface area contributed by atoms with Gasteiger partial charge in [0, 0.05) is 48.7 Å². The van der Waals surface area contributed by atoms with E-state index in [1.807, 2.05) is 35.0 Å². The van der Waals surface area contributed by atoms with Crippen LogP contribution in [0, 0.1) is 0 Å². The molecule has 0 spiro atoms. The van der Waals surface area contributed by atoms with Crippen LogP contribution in [0.2, 0.25) is 0 Å². The van der Waals surface area contributed by atoms with Gasteiger partial charge in [-0.1, -0.05) is 27.7 Å². The van der Waals surface area contributed by atoms with E-state index >= 15 is 0 Å². The minimum atomic E-state index is -3.19. The molecule has 3 rings (SSSR count). The second-order valence-corrected chi connectivity index (χ2v) is 9.73. The van der Waals surface area contributed by atoms with Gasteiger partial charge in [-0.3, -0.25) is 9.36 Å². The fourth-order valence-corrected chi connectivity index (χ4v) is 4.65. The first kappa shape index (κ1) is 19.4. The van der Waals surface area contributed by atoms with Gasteiger partial charge in [0.1, 0.15) is 0 Å². The maximum atomic E-state index is 12.4. The van der Waals surface area contributed by atoms with Crippen molar-refractivity contribution < 1.29 is 13.2 Å². The number of amides is 1. The molecule has 2 heterocycles. The van der Waals surface area contributed by atoms with Crippen LogP contribution in [0.4, 0.5) is 0 Å². The zero-order chi connectivity index (χ0) is 18.7. The summed E-state index contributed by atoms with van der Waals surface area (Å²) in [5.41, 5.74) is 0.974. The summed E-state index contributed by atoms with van der Waals surface area (Å²) in [6, 6.07) is 7.86. The van der Waals surface area contributed by atoms with Crippen LogP contribution >= 0.6 is 27.7 Å². The lowest BCUT2D eigenvalue weighted by molar-refractivity contribution is -0.129. The van der Waals surface area contributed by atoms with Crippen molar-refractivity contribution in [3.63, 3.8) is 0 Å². The first-order valence-corrected chi connectivity index (χ1v) is 11.6. The van der Waals surface area contributed by atoms with Gasteiger partial charge >= 0.3 is 0 Å². The van der Waals surface area contributed by atoms with Crippen LogP contribution in [0.1, 0.15) is 0 Å². The van der Waals surface area contributed by atoms with Crippen molar-refractivity contribution in [2.75, 3.05) is 38.2 Å². The molecule has 0 atom stereocenters. The van der Waals surface area contributed by atoms with Crippen LogP contribution in [0.25, 0.3) is 5.69 Å². The van der Waals surface area contributed by atoms with Crippen molar-refractivity contribution in [2.24, 2.45) is 0 Å². The molecule has 0 bridgehead atoms. The van der Waals surface area contributed by atoms with Crippen LogP contribution in [0.5, 0.6) is 0 Å². The molecule has 0 saturated carbocycles. The molecule has 1 aliphatic heterocycles. The largest absolute Gasteiger partial charge is 0.339 e.